The van der Waals surface area contributed by atoms with E-state index in [-0.39, 0.29) is 11.5 Å². The summed E-state index contributed by atoms with van der Waals surface area (Å²) in [7, 11) is 0. The van der Waals surface area contributed by atoms with E-state index in [4.69, 9.17) is 9.47 Å². The Morgan fingerprint density at radius 2 is 2.05 bits per heavy atom. The maximum Gasteiger partial charge on any atom is 0.136 e. The number of thioether (sulfide) groups is 1. The molecule has 3 rings (SSSR count). The molecule has 0 aromatic heterocycles. The standard InChI is InChI=1S/C16H26O3S/c17-15(4-3-14-2-1-8-18-14)13-5-9-19-16(12-13)6-10-20-11-7-16/h13-14H,1-12H2. The van der Waals surface area contributed by atoms with Crippen LogP contribution in [-0.2, 0) is 14.3 Å². The van der Waals surface area contributed by atoms with Crippen molar-refractivity contribution >= 4 is 17.5 Å². The topological polar surface area (TPSA) is 35.5 Å². The van der Waals surface area contributed by atoms with Crippen LogP contribution in [0.5, 0.6) is 0 Å². The van der Waals surface area contributed by atoms with Gasteiger partial charge in [-0.25, -0.2) is 0 Å². The first-order valence-corrected chi connectivity index (χ1v) is 9.29. The predicted molar refractivity (Wildman–Crippen MR) is 81.2 cm³/mol. The molecular formula is C16H26O3S. The molecule has 3 nitrogen and oxygen atoms in total. The molecular weight excluding hydrogens is 272 g/mol. The Morgan fingerprint density at radius 3 is 2.80 bits per heavy atom. The van der Waals surface area contributed by atoms with Gasteiger partial charge in [-0.1, -0.05) is 0 Å². The van der Waals surface area contributed by atoms with E-state index < -0.39 is 0 Å². The Bertz CT molecular complexity index is 327. The number of carbonyl (C=O) groups excluding carboxylic acids is 1. The monoisotopic (exact) mass is 298 g/mol. The minimum absolute atomic E-state index is 0.0354. The molecule has 114 valence electrons. The normalized spacial score (nSPS) is 33.4. The van der Waals surface area contributed by atoms with Gasteiger partial charge in [0.25, 0.3) is 0 Å². The lowest BCUT2D eigenvalue weighted by molar-refractivity contribution is -0.139. The molecule has 3 saturated heterocycles. The van der Waals surface area contributed by atoms with Gasteiger partial charge in [-0.05, 0) is 56.5 Å². The fraction of sp³-hybridized carbons (Fsp3) is 0.938. The first kappa shape index (κ1) is 14.9. The molecule has 0 bridgehead atoms. The van der Waals surface area contributed by atoms with E-state index in [0.29, 0.717) is 18.3 Å². The van der Waals surface area contributed by atoms with Crippen LogP contribution in [0.2, 0.25) is 0 Å². The summed E-state index contributed by atoms with van der Waals surface area (Å²) in [6, 6.07) is 0. The van der Waals surface area contributed by atoms with Gasteiger partial charge in [-0.3, -0.25) is 4.79 Å². The van der Waals surface area contributed by atoms with Crippen LogP contribution in [0.3, 0.4) is 0 Å². The van der Waals surface area contributed by atoms with Crippen LogP contribution in [0.15, 0.2) is 0 Å². The molecule has 3 aliphatic heterocycles. The molecule has 0 saturated carbocycles. The minimum Gasteiger partial charge on any atom is -0.378 e. The molecule has 2 atom stereocenters. The van der Waals surface area contributed by atoms with Gasteiger partial charge in [0.05, 0.1) is 11.7 Å². The number of hydrogen-bond acceptors (Lipinski definition) is 4. The number of ether oxygens (including phenoxy) is 2. The lowest BCUT2D eigenvalue weighted by atomic mass is 9.79. The zero-order valence-corrected chi connectivity index (χ0v) is 13.1. The molecule has 0 radical (unpaired) electrons. The highest BCUT2D eigenvalue weighted by Crippen LogP contribution is 2.40. The molecule has 4 heteroatoms. The van der Waals surface area contributed by atoms with Crippen molar-refractivity contribution in [2.24, 2.45) is 5.92 Å². The average molecular weight is 298 g/mol. The van der Waals surface area contributed by atoms with Crippen LogP contribution >= 0.6 is 11.8 Å². The third-order valence-corrected chi connectivity index (χ3v) is 6.07. The lowest BCUT2D eigenvalue weighted by Gasteiger charge is -2.43. The Morgan fingerprint density at radius 1 is 1.20 bits per heavy atom. The third-order valence-electron chi connectivity index (χ3n) is 5.09. The van der Waals surface area contributed by atoms with E-state index in [0.717, 1.165) is 58.2 Å². The van der Waals surface area contributed by atoms with Crippen molar-refractivity contribution in [3.8, 4) is 0 Å². The number of rotatable bonds is 4. The molecule has 3 aliphatic rings. The quantitative estimate of drug-likeness (QED) is 0.798. The zero-order chi connectivity index (χ0) is 13.8. The van der Waals surface area contributed by atoms with Gasteiger partial charge >= 0.3 is 0 Å². The van der Waals surface area contributed by atoms with E-state index in [2.05, 4.69) is 0 Å². The summed E-state index contributed by atoms with van der Waals surface area (Å²) in [5, 5.41) is 0. The lowest BCUT2D eigenvalue weighted by Crippen LogP contribution is -2.44. The van der Waals surface area contributed by atoms with Gasteiger partial charge in [0.2, 0.25) is 0 Å². The summed E-state index contributed by atoms with van der Waals surface area (Å²) in [5.74, 6) is 3.09. The molecule has 20 heavy (non-hydrogen) atoms. The van der Waals surface area contributed by atoms with E-state index in [9.17, 15) is 4.79 Å². The Labute approximate surface area is 126 Å². The molecule has 0 amide bonds. The third kappa shape index (κ3) is 3.58. The van der Waals surface area contributed by atoms with Crippen LogP contribution in [0.1, 0.15) is 51.4 Å². The highest BCUT2D eigenvalue weighted by Gasteiger charge is 2.40. The van der Waals surface area contributed by atoms with Crippen LogP contribution < -0.4 is 0 Å². The van der Waals surface area contributed by atoms with Crippen LogP contribution in [0.4, 0.5) is 0 Å². The predicted octanol–water partition coefficient (Wildman–Crippen LogP) is 3.21. The summed E-state index contributed by atoms with van der Waals surface area (Å²) in [6.07, 6.45) is 8.45. The number of hydrogen-bond donors (Lipinski definition) is 0. The second-order valence-corrected chi connectivity index (χ2v) is 7.70. The summed E-state index contributed by atoms with van der Waals surface area (Å²) in [4.78, 5) is 12.5. The zero-order valence-electron chi connectivity index (χ0n) is 12.3. The summed E-state index contributed by atoms with van der Waals surface area (Å²) in [5.41, 5.74) is 0.0354. The molecule has 3 fully saturated rings. The fourth-order valence-corrected chi connectivity index (χ4v) is 5.01. The van der Waals surface area contributed by atoms with Gasteiger partial charge in [-0.15, -0.1) is 0 Å². The highest BCUT2D eigenvalue weighted by molar-refractivity contribution is 7.99. The van der Waals surface area contributed by atoms with E-state index >= 15 is 0 Å². The number of Topliss-reactive ketones (excluding diaryl/α,β-unsaturated/α-hetero) is 1. The van der Waals surface area contributed by atoms with Crippen molar-refractivity contribution in [1.29, 1.82) is 0 Å². The molecule has 0 N–H and O–H groups in total. The Balaban J connectivity index is 1.49. The van der Waals surface area contributed by atoms with Gasteiger partial charge in [0.15, 0.2) is 0 Å². The van der Waals surface area contributed by atoms with E-state index in [1.807, 2.05) is 11.8 Å². The molecule has 1 spiro atoms. The van der Waals surface area contributed by atoms with Gasteiger partial charge in [0.1, 0.15) is 5.78 Å². The average Bonchev–Trinajstić information content (AvgIpc) is 2.99. The first-order valence-electron chi connectivity index (χ1n) is 8.13. The number of carbonyl (C=O) groups is 1. The maximum absolute atomic E-state index is 12.5. The second-order valence-electron chi connectivity index (χ2n) is 6.47. The van der Waals surface area contributed by atoms with Crippen molar-refractivity contribution in [1.82, 2.24) is 0 Å². The Hall–Kier alpha value is -0.0600. The van der Waals surface area contributed by atoms with Crippen molar-refractivity contribution in [2.45, 2.75) is 63.1 Å². The van der Waals surface area contributed by atoms with Crippen LogP contribution in [0.25, 0.3) is 0 Å². The summed E-state index contributed by atoms with van der Waals surface area (Å²) in [6.45, 7) is 1.66. The molecule has 0 aromatic rings. The Kier molecular flexibility index (Phi) is 5.05. The van der Waals surface area contributed by atoms with Gasteiger partial charge in [-0.2, -0.15) is 11.8 Å². The largest absolute Gasteiger partial charge is 0.378 e. The smallest absolute Gasteiger partial charge is 0.136 e. The summed E-state index contributed by atoms with van der Waals surface area (Å²) < 4.78 is 11.7. The molecule has 0 aromatic carbocycles. The SMILES string of the molecule is O=C(CCC1CCCO1)C1CCOC2(CCSCC2)C1. The first-order chi connectivity index (χ1) is 9.77. The van der Waals surface area contributed by atoms with Crippen molar-refractivity contribution < 1.29 is 14.3 Å². The fourth-order valence-electron chi connectivity index (χ4n) is 3.77. The van der Waals surface area contributed by atoms with Crippen LogP contribution in [-0.4, -0.2) is 42.2 Å². The molecule has 0 aliphatic carbocycles. The van der Waals surface area contributed by atoms with Gasteiger partial charge in [0, 0.05) is 25.6 Å². The van der Waals surface area contributed by atoms with Crippen molar-refractivity contribution in [2.75, 3.05) is 24.7 Å². The minimum atomic E-state index is 0.0354. The van der Waals surface area contributed by atoms with Crippen molar-refractivity contribution in [3.63, 3.8) is 0 Å². The maximum atomic E-state index is 12.5. The summed E-state index contributed by atoms with van der Waals surface area (Å²) >= 11 is 2.02. The number of ketones is 1. The van der Waals surface area contributed by atoms with Crippen LogP contribution in [0, 0.1) is 5.92 Å². The van der Waals surface area contributed by atoms with Crippen molar-refractivity contribution in [3.05, 3.63) is 0 Å². The van der Waals surface area contributed by atoms with Gasteiger partial charge < -0.3 is 9.47 Å². The molecule has 3 heterocycles. The molecule has 2 unspecified atom stereocenters. The van der Waals surface area contributed by atoms with E-state index in [1.165, 1.54) is 11.5 Å². The second kappa shape index (κ2) is 6.80. The van der Waals surface area contributed by atoms with E-state index in [1.54, 1.807) is 0 Å². The highest BCUT2D eigenvalue weighted by atomic mass is 32.2.